The Labute approximate surface area is 109 Å². The molecule has 0 unspecified atom stereocenters. The Bertz CT molecular complexity index is 293. The van der Waals surface area contributed by atoms with E-state index in [4.69, 9.17) is 5.11 Å². The van der Waals surface area contributed by atoms with Crippen LogP contribution in [-0.4, -0.2) is 29.2 Å². The first-order valence-electron chi connectivity index (χ1n) is 6.30. The van der Waals surface area contributed by atoms with Gasteiger partial charge in [0.25, 0.3) is 0 Å². The maximum Gasteiger partial charge on any atom is 0.315 e. The molecule has 0 aromatic heterocycles. The zero-order chi connectivity index (χ0) is 14.4. The first-order chi connectivity index (χ1) is 8.02. The Hall–Kier alpha value is -1.26. The fourth-order valence-corrected chi connectivity index (χ4v) is 1.47. The average molecular weight is 258 g/mol. The summed E-state index contributed by atoms with van der Waals surface area (Å²) in [5.74, 6) is -0.776. The van der Waals surface area contributed by atoms with Crippen LogP contribution in [0, 0.1) is 5.41 Å². The molecule has 0 saturated carbocycles. The number of carbonyl (C=O) groups excluding carboxylic acids is 1. The monoisotopic (exact) mass is 258 g/mol. The van der Waals surface area contributed by atoms with Crippen LogP contribution in [0.1, 0.15) is 53.9 Å². The third-order valence-corrected chi connectivity index (χ3v) is 2.59. The van der Waals surface area contributed by atoms with Crippen molar-refractivity contribution in [2.45, 2.75) is 59.4 Å². The number of aliphatic carboxylic acids is 1. The SMILES string of the molecule is CC(C)(CCNC(=O)NC(C)(C)C)CCC(=O)O. The molecule has 0 rings (SSSR count). The molecule has 0 saturated heterocycles. The van der Waals surface area contributed by atoms with Crippen molar-refractivity contribution in [2.24, 2.45) is 5.41 Å². The minimum Gasteiger partial charge on any atom is -0.481 e. The molecule has 0 fully saturated rings. The highest BCUT2D eigenvalue weighted by atomic mass is 16.4. The van der Waals surface area contributed by atoms with Crippen LogP contribution in [0.15, 0.2) is 0 Å². The predicted molar refractivity (Wildman–Crippen MR) is 71.6 cm³/mol. The van der Waals surface area contributed by atoms with Crippen LogP contribution in [0.5, 0.6) is 0 Å². The van der Waals surface area contributed by atoms with Gasteiger partial charge in [-0.3, -0.25) is 4.79 Å². The maximum absolute atomic E-state index is 11.5. The molecule has 5 nitrogen and oxygen atoms in total. The van der Waals surface area contributed by atoms with E-state index in [1.54, 1.807) is 0 Å². The van der Waals surface area contributed by atoms with Gasteiger partial charge in [-0.2, -0.15) is 0 Å². The van der Waals surface area contributed by atoms with Crippen molar-refractivity contribution in [1.82, 2.24) is 10.6 Å². The highest BCUT2D eigenvalue weighted by Crippen LogP contribution is 2.25. The van der Waals surface area contributed by atoms with Gasteiger partial charge in [0.1, 0.15) is 0 Å². The van der Waals surface area contributed by atoms with Crippen LogP contribution in [0.3, 0.4) is 0 Å². The summed E-state index contributed by atoms with van der Waals surface area (Å²) < 4.78 is 0. The Morgan fingerprint density at radius 3 is 2.06 bits per heavy atom. The fraction of sp³-hybridized carbons (Fsp3) is 0.846. The molecule has 0 atom stereocenters. The van der Waals surface area contributed by atoms with Crippen molar-refractivity contribution in [1.29, 1.82) is 0 Å². The number of amides is 2. The van der Waals surface area contributed by atoms with Gasteiger partial charge in [-0.05, 0) is 39.0 Å². The molecule has 0 aliphatic rings. The number of carboxylic acids is 1. The Morgan fingerprint density at radius 1 is 1.06 bits per heavy atom. The Kier molecular flexibility index (Phi) is 6.15. The molecule has 18 heavy (non-hydrogen) atoms. The zero-order valence-corrected chi connectivity index (χ0v) is 12.1. The summed E-state index contributed by atoms with van der Waals surface area (Å²) in [6, 6.07) is -0.184. The van der Waals surface area contributed by atoms with Gasteiger partial charge in [0, 0.05) is 18.5 Å². The molecular weight excluding hydrogens is 232 g/mol. The van der Waals surface area contributed by atoms with E-state index < -0.39 is 5.97 Å². The van der Waals surface area contributed by atoms with E-state index in [0.29, 0.717) is 13.0 Å². The van der Waals surface area contributed by atoms with E-state index in [-0.39, 0.29) is 23.4 Å². The van der Waals surface area contributed by atoms with Gasteiger partial charge in [-0.25, -0.2) is 4.79 Å². The largest absolute Gasteiger partial charge is 0.481 e. The van der Waals surface area contributed by atoms with Gasteiger partial charge in [0.05, 0.1) is 0 Å². The third kappa shape index (κ3) is 9.93. The van der Waals surface area contributed by atoms with Crippen LogP contribution in [-0.2, 0) is 4.79 Å². The first kappa shape index (κ1) is 16.7. The summed E-state index contributed by atoms with van der Waals surface area (Å²) >= 11 is 0. The molecule has 0 aliphatic heterocycles. The normalized spacial score (nSPS) is 12.1. The summed E-state index contributed by atoms with van der Waals surface area (Å²) in [7, 11) is 0. The smallest absolute Gasteiger partial charge is 0.315 e. The van der Waals surface area contributed by atoms with E-state index in [0.717, 1.165) is 6.42 Å². The second-order valence-corrected chi connectivity index (χ2v) is 6.44. The fourth-order valence-electron chi connectivity index (χ4n) is 1.47. The predicted octanol–water partition coefficient (Wildman–Crippen LogP) is 2.37. The van der Waals surface area contributed by atoms with Crippen LogP contribution in [0.2, 0.25) is 0 Å². The van der Waals surface area contributed by atoms with Crippen molar-refractivity contribution in [3.63, 3.8) is 0 Å². The summed E-state index contributed by atoms with van der Waals surface area (Å²) in [6.45, 7) is 10.3. The van der Waals surface area contributed by atoms with Crippen molar-refractivity contribution in [3.05, 3.63) is 0 Å². The highest BCUT2D eigenvalue weighted by molar-refractivity contribution is 5.74. The molecule has 106 valence electrons. The van der Waals surface area contributed by atoms with Crippen LogP contribution in [0.4, 0.5) is 4.79 Å². The summed E-state index contributed by atoms with van der Waals surface area (Å²) in [6.07, 6.45) is 1.55. The van der Waals surface area contributed by atoms with Gasteiger partial charge in [0.2, 0.25) is 0 Å². The van der Waals surface area contributed by atoms with Gasteiger partial charge in [-0.15, -0.1) is 0 Å². The van der Waals surface area contributed by atoms with E-state index in [9.17, 15) is 9.59 Å². The second-order valence-electron chi connectivity index (χ2n) is 6.44. The van der Waals surface area contributed by atoms with Gasteiger partial charge in [-0.1, -0.05) is 13.8 Å². The van der Waals surface area contributed by atoms with Gasteiger partial charge in [0.15, 0.2) is 0 Å². The number of hydrogen-bond acceptors (Lipinski definition) is 2. The molecule has 2 amide bonds. The lowest BCUT2D eigenvalue weighted by molar-refractivity contribution is -0.137. The summed E-state index contributed by atoms with van der Waals surface area (Å²) in [5, 5.41) is 14.2. The Morgan fingerprint density at radius 2 is 1.61 bits per heavy atom. The zero-order valence-electron chi connectivity index (χ0n) is 12.1. The molecular formula is C13H26N2O3. The maximum atomic E-state index is 11.5. The van der Waals surface area contributed by atoms with E-state index in [2.05, 4.69) is 10.6 Å². The number of rotatable bonds is 6. The van der Waals surface area contributed by atoms with E-state index in [1.807, 2.05) is 34.6 Å². The number of carboxylic acid groups (broad SMARTS) is 1. The van der Waals surface area contributed by atoms with Crippen LogP contribution >= 0.6 is 0 Å². The van der Waals surface area contributed by atoms with Crippen molar-refractivity contribution in [3.8, 4) is 0 Å². The number of nitrogens with one attached hydrogen (secondary N) is 2. The third-order valence-electron chi connectivity index (χ3n) is 2.59. The first-order valence-corrected chi connectivity index (χ1v) is 6.30. The molecule has 0 aromatic carbocycles. The summed E-state index contributed by atoms with van der Waals surface area (Å²) in [5.41, 5.74) is -0.323. The molecule has 0 heterocycles. The molecule has 0 aliphatic carbocycles. The average Bonchev–Trinajstić information content (AvgIpc) is 2.11. The number of carbonyl (C=O) groups is 2. The second kappa shape index (κ2) is 6.61. The molecule has 0 bridgehead atoms. The minimum absolute atomic E-state index is 0.0760. The molecule has 5 heteroatoms. The van der Waals surface area contributed by atoms with Crippen molar-refractivity contribution in [2.75, 3.05) is 6.54 Å². The van der Waals surface area contributed by atoms with Gasteiger partial charge >= 0.3 is 12.0 Å². The number of hydrogen-bond donors (Lipinski definition) is 3. The standard InChI is InChI=1S/C13H26N2O3/c1-12(2,3)15-11(18)14-9-8-13(4,5)7-6-10(16)17/h6-9H2,1-5H3,(H,16,17)(H2,14,15,18). The lowest BCUT2D eigenvalue weighted by Gasteiger charge is -2.25. The quantitative estimate of drug-likeness (QED) is 0.684. The molecule has 3 N–H and O–H groups in total. The van der Waals surface area contributed by atoms with Crippen molar-refractivity contribution < 1.29 is 14.7 Å². The van der Waals surface area contributed by atoms with Gasteiger partial charge < -0.3 is 15.7 Å². The van der Waals surface area contributed by atoms with Crippen molar-refractivity contribution >= 4 is 12.0 Å². The van der Waals surface area contributed by atoms with Crippen LogP contribution in [0.25, 0.3) is 0 Å². The lowest BCUT2D eigenvalue weighted by Crippen LogP contribution is -2.47. The van der Waals surface area contributed by atoms with Crippen LogP contribution < -0.4 is 10.6 Å². The van der Waals surface area contributed by atoms with E-state index >= 15 is 0 Å². The molecule has 0 aromatic rings. The summed E-state index contributed by atoms with van der Waals surface area (Å²) in [4.78, 5) is 22.0. The highest BCUT2D eigenvalue weighted by Gasteiger charge is 2.19. The van der Waals surface area contributed by atoms with E-state index in [1.165, 1.54) is 0 Å². The topological polar surface area (TPSA) is 78.4 Å². The minimum atomic E-state index is -0.776. The molecule has 0 radical (unpaired) electrons. The Balaban J connectivity index is 3.89. The molecule has 0 spiro atoms. The lowest BCUT2D eigenvalue weighted by atomic mass is 9.84. The number of urea groups is 1.